The Morgan fingerprint density at radius 2 is 2.16 bits per heavy atom. The molecule has 2 heterocycles. The van der Waals surface area contributed by atoms with Gasteiger partial charge in [-0.25, -0.2) is 4.79 Å². The summed E-state index contributed by atoms with van der Waals surface area (Å²) in [5.41, 5.74) is 2.19. The Hall–Kier alpha value is -2.06. The molecule has 0 bridgehead atoms. The normalized spacial score (nSPS) is 18.7. The second-order valence-electron chi connectivity index (χ2n) is 5.08. The third kappa shape index (κ3) is 1.68. The summed E-state index contributed by atoms with van der Waals surface area (Å²) in [7, 11) is 0. The predicted octanol–water partition coefficient (Wildman–Crippen LogP) is 1.67. The van der Waals surface area contributed by atoms with Crippen LogP contribution in [0.25, 0.3) is 11.0 Å². The van der Waals surface area contributed by atoms with Gasteiger partial charge in [0.05, 0.1) is 41.6 Å². The molecule has 1 fully saturated rings. The quantitative estimate of drug-likeness (QED) is 0.877. The molecule has 3 rings (SSSR count). The topological polar surface area (TPSA) is 81.7 Å². The SMILES string of the molecule is CCC(C#N)C1(c2ccc3[nH]c(=O)[nH]c3c2)COC1. The first-order valence-corrected chi connectivity index (χ1v) is 6.39. The van der Waals surface area contributed by atoms with Crippen molar-refractivity contribution in [2.24, 2.45) is 5.92 Å². The number of aromatic nitrogens is 2. The van der Waals surface area contributed by atoms with Crippen LogP contribution in [0, 0.1) is 17.2 Å². The molecule has 1 aliphatic rings. The molecule has 0 spiro atoms. The molecule has 2 aromatic rings. The van der Waals surface area contributed by atoms with E-state index in [1.165, 1.54) is 0 Å². The number of H-pyrrole nitrogens is 2. The van der Waals surface area contributed by atoms with Crippen LogP contribution in [-0.4, -0.2) is 23.2 Å². The van der Waals surface area contributed by atoms with Crippen LogP contribution < -0.4 is 5.69 Å². The highest BCUT2D eigenvalue weighted by atomic mass is 16.5. The van der Waals surface area contributed by atoms with Gasteiger partial charge in [-0.15, -0.1) is 0 Å². The third-order valence-corrected chi connectivity index (χ3v) is 4.04. The van der Waals surface area contributed by atoms with Crippen LogP contribution >= 0.6 is 0 Å². The predicted molar refractivity (Wildman–Crippen MR) is 70.8 cm³/mol. The fraction of sp³-hybridized carbons (Fsp3) is 0.429. The Morgan fingerprint density at radius 3 is 2.74 bits per heavy atom. The van der Waals surface area contributed by atoms with Crippen molar-refractivity contribution in [3.8, 4) is 6.07 Å². The van der Waals surface area contributed by atoms with Crippen molar-refractivity contribution in [1.29, 1.82) is 5.26 Å². The summed E-state index contributed by atoms with van der Waals surface area (Å²) < 4.78 is 5.36. The summed E-state index contributed by atoms with van der Waals surface area (Å²) in [6.07, 6.45) is 0.793. The molecule has 2 N–H and O–H groups in total. The Kier molecular flexibility index (Phi) is 2.68. The molecule has 5 heteroatoms. The van der Waals surface area contributed by atoms with Crippen LogP contribution in [0.4, 0.5) is 0 Å². The average Bonchev–Trinajstić information content (AvgIpc) is 2.72. The van der Waals surface area contributed by atoms with Crippen LogP contribution in [-0.2, 0) is 10.2 Å². The molecule has 98 valence electrons. The maximum atomic E-state index is 11.3. The number of ether oxygens (including phenoxy) is 1. The lowest BCUT2D eigenvalue weighted by Crippen LogP contribution is -2.51. The Balaban J connectivity index is 2.11. The summed E-state index contributed by atoms with van der Waals surface area (Å²) >= 11 is 0. The standard InChI is InChI=1S/C14H15N3O2/c1-2-9(6-15)14(7-19-8-14)10-3-4-11-12(5-10)17-13(18)16-11/h3-5,9H,2,7-8H2,1H3,(H2,16,17,18). The minimum Gasteiger partial charge on any atom is -0.379 e. The first kappa shape index (κ1) is 12.0. The zero-order valence-corrected chi connectivity index (χ0v) is 10.7. The highest BCUT2D eigenvalue weighted by Gasteiger charge is 2.46. The summed E-state index contributed by atoms with van der Waals surface area (Å²) in [5.74, 6) is -0.0654. The van der Waals surface area contributed by atoms with Crippen LogP contribution in [0.15, 0.2) is 23.0 Å². The first-order valence-electron chi connectivity index (χ1n) is 6.39. The number of nitriles is 1. The lowest BCUT2D eigenvalue weighted by molar-refractivity contribution is -0.0804. The smallest absolute Gasteiger partial charge is 0.323 e. The van der Waals surface area contributed by atoms with Crippen molar-refractivity contribution >= 4 is 11.0 Å². The van der Waals surface area contributed by atoms with E-state index in [0.29, 0.717) is 13.2 Å². The van der Waals surface area contributed by atoms with E-state index in [9.17, 15) is 10.1 Å². The van der Waals surface area contributed by atoms with Gasteiger partial charge in [0.2, 0.25) is 0 Å². The molecule has 19 heavy (non-hydrogen) atoms. The van der Waals surface area contributed by atoms with E-state index in [0.717, 1.165) is 23.0 Å². The van der Waals surface area contributed by atoms with Crippen molar-refractivity contribution in [2.75, 3.05) is 13.2 Å². The fourth-order valence-electron chi connectivity index (χ4n) is 2.84. The second-order valence-corrected chi connectivity index (χ2v) is 5.08. The molecule has 0 saturated carbocycles. The number of nitrogens with zero attached hydrogens (tertiary/aromatic N) is 1. The monoisotopic (exact) mass is 257 g/mol. The minimum atomic E-state index is -0.230. The molecular formula is C14H15N3O2. The van der Waals surface area contributed by atoms with E-state index in [2.05, 4.69) is 16.0 Å². The van der Waals surface area contributed by atoms with Gasteiger partial charge in [-0.2, -0.15) is 5.26 Å². The van der Waals surface area contributed by atoms with Crippen molar-refractivity contribution in [3.63, 3.8) is 0 Å². The number of aromatic amines is 2. The Morgan fingerprint density at radius 1 is 1.42 bits per heavy atom. The number of fused-ring (bicyclic) bond motifs is 1. The van der Waals surface area contributed by atoms with E-state index >= 15 is 0 Å². The lowest BCUT2D eigenvalue weighted by Gasteiger charge is -2.44. The van der Waals surface area contributed by atoms with Gasteiger partial charge in [-0.05, 0) is 24.1 Å². The largest absolute Gasteiger partial charge is 0.379 e. The Labute approximate surface area is 110 Å². The van der Waals surface area contributed by atoms with Gasteiger partial charge in [0, 0.05) is 0 Å². The zero-order valence-electron chi connectivity index (χ0n) is 10.7. The molecule has 1 aromatic carbocycles. The second kappa shape index (κ2) is 4.25. The number of nitrogens with one attached hydrogen (secondary N) is 2. The molecule has 0 amide bonds. The average molecular weight is 257 g/mol. The highest BCUT2D eigenvalue weighted by molar-refractivity contribution is 5.75. The summed E-state index contributed by atoms with van der Waals surface area (Å²) in [5, 5.41) is 9.34. The van der Waals surface area contributed by atoms with Crippen LogP contribution in [0.1, 0.15) is 18.9 Å². The van der Waals surface area contributed by atoms with Crippen LogP contribution in [0.2, 0.25) is 0 Å². The van der Waals surface area contributed by atoms with Crippen LogP contribution in [0.3, 0.4) is 0 Å². The number of benzene rings is 1. The summed E-state index contributed by atoms with van der Waals surface area (Å²) in [6.45, 7) is 3.16. The molecule has 0 radical (unpaired) electrons. The van der Waals surface area contributed by atoms with E-state index in [4.69, 9.17) is 4.74 Å². The fourth-order valence-corrected chi connectivity index (χ4v) is 2.84. The molecule has 5 nitrogen and oxygen atoms in total. The molecule has 0 aliphatic carbocycles. The van der Waals surface area contributed by atoms with Gasteiger partial charge in [0.1, 0.15) is 0 Å². The number of hydrogen-bond acceptors (Lipinski definition) is 3. The van der Waals surface area contributed by atoms with Gasteiger partial charge < -0.3 is 14.7 Å². The molecule has 1 aromatic heterocycles. The molecule has 1 aliphatic heterocycles. The summed E-state index contributed by atoms with van der Waals surface area (Å²) in [4.78, 5) is 16.8. The van der Waals surface area contributed by atoms with E-state index in [-0.39, 0.29) is 17.0 Å². The van der Waals surface area contributed by atoms with Gasteiger partial charge in [-0.3, -0.25) is 0 Å². The lowest BCUT2D eigenvalue weighted by atomic mass is 9.68. The maximum Gasteiger partial charge on any atom is 0.323 e. The third-order valence-electron chi connectivity index (χ3n) is 4.04. The highest BCUT2D eigenvalue weighted by Crippen LogP contribution is 2.41. The van der Waals surface area contributed by atoms with Crippen molar-refractivity contribution in [3.05, 3.63) is 34.2 Å². The van der Waals surface area contributed by atoms with E-state index in [1.807, 2.05) is 25.1 Å². The van der Waals surface area contributed by atoms with E-state index in [1.54, 1.807) is 0 Å². The van der Waals surface area contributed by atoms with E-state index < -0.39 is 0 Å². The van der Waals surface area contributed by atoms with Crippen molar-refractivity contribution in [2.45, 2.75) is 18.8 Å². The summed E-state index contributed by atoms with van der Waals surface area (Å²) in [6, 6.07) is 8.20. The maximum absolute atomic E-state index is 11.3. The number of rotatable bonds is 3. The number of imidazole rings is 1. The first-order chi connectivity index (χ1) is 9.19. The van der Waals surface area contributed by atoms with Gasteiger partial charge >= 0.3 is 5.69 Å². The molecule has 1 unspecified atom stereocenters. The van der Waals surface area contributed by atoms with Gasteiger partial charge in [-0.1, -0.05) is 13.0 Å². The molecule has 1 saturated heterocycles. The van der Waals surface area contributed by atoms with Gasteiger partial charge in [0.25, 0.3) is 0 Å². The van der Waals surface area contributed by atoms with Crippen molar-refractivity contribution in [1.82, 2.24) is 9.97 Å². The molecule has 1 atom stereocenters. The molecular weight excluding hydrogens is 242 g/mol. The number of hydrogen-bond donors (Lipinski definition) is 2. The van der Waals surface area contributed by atoms with Crippen molar-refractivity contribution < 1.29 is 4.74 Å². The minimum absolute atomic E-state index is 0.0654. The Bertz CT molecular complexity index is 703. The van der Waals surface area contributed by atoms with Crippen LogP contribution in [0.5, 0.6) is 0 Å². The van der Waals surface area contributed by atoms with Gasteiger partial charge in [0.15, 0.2) is 0 Å². The zero-order chi connectivity index (χ0) is 13.5.